The number of carbonyl (C=O) groups excluding carboxylic acids is 1. The Balaban J connectivity index is 1.72. The molecule has 0 spiro atoms. The minimum Gasteiger partial charge on any atom is -0.329 e. The highest BCUT2D eigenvalue weighted by Crippen LogP contribution is 2.34. The smallest absolute Gasteiger partial charge is 0.272 e. The molecule has 0 aromatic carbocycles. The quantitative estimate of drug-likeness (QED) is 0.763. The van der Waals surface area contributed by atoms with Gasteiger partial charge in [-0.1, -0.05) is 0 Å². The third kappa shape index (κ3) is 2.66. The number of hydrogen-bond donors (Lipinski definition) is 1. The molecule has 1 fully saturated rings. The maximum absolute atomic E-state index is 13.0. The number of likely N-dealkylation sites (tertiary alicyclic amines) is 1. The highest BCUT2D eigenvalue weighted by molar-refractivity contribution is 7.13. The van der Waals surface area contributed by atoms with Gasteiger partial charge in [0.25, 0.3) is 11.5 Å². The fraction of sp³-hybridized carbons (Fsp3) is 0.412. The van der Waals surface area contributed by atoms with Crippen molar-refractivity contribution in [3.8, 4) is 0 Å². The van der Waals surface area contributed by atoms with Crippen molar-refractivity contribution in [3.63, 3.8) is 0 Å². The lowest BCUT2D eigenvalue weighted by Gasteiger charge is -2.23. The average molecular weight is 357 g/mol. The van der Waals surface area contributed by atoms with Crippen LogP contribution in [0.15, 0.2) is 16.9 Å². The summed E-state index contributed by atoms with van der Waals surface area (Å²) >= 11 is 1.44. The van der Waals surface area contributed by atoms with Gasteiger partial charge in [0, 0.05) is 24.4 Å². The molecule has 0 saturated carbocycles. The Morgan fingerprint density at radius 3 is 2.80 bits per heavy atom. The summed E-state index contributed by atoms with van der Waals surface area (Å²) in [4.78, 5) is 36.5. The molecule has 1 aliphatic heterocycles. The van der Waals surface area contributed by atoms with E-state index in [1.54, 1.807) is 6.92 Å². The van der Waals surface area contributed by atoms with Gasteiger partial charge in [-0.05, 0) is 33.6 Å². The Hall–Kier alpha value is -2.48. The Labute approximate surface area is 148 Å². The summed E-state index contributed by atoms with van der Waals surface area (Å²) < 4.78 is 1.44. The summed E-state index contributed by atoms with van der Waals surface area (Å²) in [7, 11) is 0. The van der Waals surface area contributed by atoms with E-state index in [2.05, 4.69) is 15.1 Å². The molecule has 1 N–H and O–H groups in total. The number of H-pyrrole nitrogens is 1. The van der Waals surface area contributed by atoms with Gasteiger partial charge in [0.2, 0.25) is 0 Å². The first-order valence-electron chi connectivity index (χ1n) is 8.28. The number of thiazole rings is 1. The van der Waals surface area contributed by atoms with E-state index in [9.17, 15) is 9.59 Å². The molecule has 0 radical (unpaired) electrons. The van der Waals surface area contributed by atoms with E-state index in [1.165, 1.54) is 21.9 Å². The molecule has 0 bridgehead atoms. The topological polar surface area (TPSA) is 83.4 Å². The molecule has 8 heteroatoms. The molecule has 4 heterocycles. The minimum atomic E-state index is -0.140. The van der Waals surface area contributed by atoms with Gasteiger partial charge in [-0.2, -0.15) is 0 Å². The van der Waals surface area contributed by atoms with E-state index in [1.807, 2.05) is 24.8 Å². The molecule has 3 aromatic rings. The summed E-state index contributed by atoms with van der Waals surface area (Å²) in [6.45, 7) is 6.29. The number of rotatable bonds is 2. The molecule has 1 atom stereocenters. The number of nitrogens with zero attached hydrogens (tertiary/aromatic N) is 4. The Morgan fingerprint density at radius 1 is 1.28 bits per heavy atom. The molecule has 3 aromatic heterocycles. The Bertz CT molecular complexity index is 1030. The molecular formula is C17H19N5O2S. The van der Waals surface area contributed by atoms with Crippen molar-refractivity contribution in [2.24, 2.45) is 0 Å². The standard InChI is InChI=1S/C17H19N5O2S/c1-9-7-15(23)22-14(18-9)8-12(20-22)13-5-4-6-21(13)17(24)16-10(2)19-11(3)25-16/h7-8,13,20H,4-6H2,1-3H3/t13-/m0/s1. The van der Waals surface area contributed by atoms with Crippen LogP contribution in [0.4, 0.5) is 0 Å². The molecule has 0 unspecified atom stereocenters. The highest BCUT2D eigenvalue weighted by atomic mass is 32.1. The van der Waals surface area contributed by atoms with Crippen LogP contribution in [-0.2, 0) is 0 Å². The van der Waals surface area contributed by atoms with Gasteiger partial charge in [0.1, 0.15) is 4.88 Å². The van der Waals surface area contributed by atoms with E-state index in [0.717, 1.165) is 29.2 Å². The van der Waals surface area contributed by atoms with Gasteiger partial charge >= 0.3 is 0 Å². The normalized spacial score (nSPS) is 17.6. The van der Waals surface area contributed by atoms with Gasteiger partial charge in [0.05, 0.1) is 22.4 Å². The number of fused-ring (bicyclic) bond motifs is 1. The van der Waals surface area contributed by atoms with Crippen LogP contribution in [0.1, 0.15) is 50.6 Å². The molecular weight excluding hydrogens is 338 g/mol. The average Bonchev–Trinajstić information content (AvgIpc) is 3.23. The fourth-order valence-electron chi connectivity index (χ4n) is 3.49. The number of hydrogen-bond acceptors (Lipinski definition) is 5. The zero-order valence-electron chi connectivity index (χ0n) is 14.4. The number of nitrogens with one attached hydrogen (secondary N) is 1. The second-order valence-electron chi connectivity index (χ2n) is 6.44. The second kappa shape index (κ2) is 5.80. The largest absolute Gasteiger partial charge is 0.329 e. The summed E-state index contributed by atoms with van der Waals surface area (Å²) in [5, 5.41) is 4.02. The number of aromatic amines is 1. The van der Waals surface area contributed by atoms with Crippen molar-refractivity contribution in [1.29, 1.82) is 0 Å². The molecule has 25 heavy (non-hydrogen) atoms. The lowest BCUT2D eigenvalue weighted by Crippen LogP contribution is -2.30. The highest BCUT2D eigenvalue weighted by Gasteiger charge is 2.33. The maximum atomic E-state index is 13.0. The second-order valence-corrected chi connectivity index (χ2v) is 7.65. The van der Waals surface area contributed by atoms with Gasteiger partial charge in [0.15, 0.2) is 5.65 Å². The summed E-state index contributed by atoms with van der Waals surface area (Å²) in [5.74, 6) is 0.0146. The van der Waals surface area contributed by atoms with Crippen LogP contribution in [0.3, 0.4) is 0 Å². The molecule has 4 rings (SSSR count). The van der Waals surface area contributed by atoms with Gasteiger partial charge in [-0.25, -0.2) is 14.5 Å². The zero-order valence-corrected chi connectivity index (χ0v) is 15.2. The van der Waals surface area contributed by atoms with E-state index >= 15 is 0 Å². The van der Waals surface area contributed by atoms with Crippen molar-refractivity contribution in [1.82, 2.24) is 24.5 Å². The van der Waals surface area contributed by atoms with Crippen molar-refractivity contribution >= 4 is 22.9 Å². The van der Waals surface area contributed by atoms with Crippen molar-refractivity contribution in [2.45, 2.75) is 39.7 Å². The molecule has 1 aliphatic rings. The van der Waals surface area contributed by atoms with Crippen LogP contribution in [0, 0.1) is 20.8 Å². The Kier molecular flexibility index (Phi) is 3.72. The van der Waals surface area contributed by atoms with Crippen molar-refractivity contribution < 1.29 is 4.79 Å². The Morgan fingerprint density at radius 2 is 2.08 bits per heavy atom. The fourth-order valence-corrected chi connectivity index (χ4v) is 4.37. The van der Waals surface area contributed by atoms with Crippen LogP contribution in [0.2, 0.25) is 0 Å². The first kappa shape index (κ1) is 16.0. The van der Waals surface area contributed by atoms with Crippen LogP contribution in [-0.4, -0.2) is 36.9 Å². The monoisotopic (exact) mass is 357 g/mol. The molecule has 1 amide bonds. The predicted octanol–water partition coefficient (Wildman–Crippen LogP) is 2.38. The number of carbonyl (C=O) groups is 1. The summed E-state index contributed by atoms with van der Waals surface area (Å²) in [6.07, 6.45) is 1.80. The van der Waals surface area contributed by atoms with Crippen molar-refractivity contribution in [2.75, 3.05) is 6.54 Å². The first-order valence-corrected chi connectivity index (χ1v) is 9.10. The maximum Gasteiger partial charge on any atom is 0.272 e. The minimum absolute atomic E-state index is 0.0146. The molecule has 1 saturated heterocycles. The number of aromatic nitrogens is 4. The van der Waals surface area contributed by atoms with E-state index in [0.29, 0.717) is 22.8 Å². The van der Waals surface area contributed by atoms with Crippen LogP contribution in [0.25, 0.3) is 5.65 Å². The van der Waals surface area contributed by atoms with Gasteiger partial charge in [-0.15, -0.1) is 11.3 Å². The van der Waals surface area contributed by atoms with Crippen LogP contribution in [0.5, 0.6) is 0 Å². The zero-order chi connectivity index (χ0) is 17.7. The SMILES string of the molecule is Cc1cc(=O)n2[nH]c([C@@H]3CCCN3C(=O)c3sc(C)nc3C)cc2n1. The van der Waals surface area contributed by atoms with Crippen LogP contribution >= 0.6 is 11.3 Å². The third-order valence-corrected chi connectivity index (χ3v) is 5.63. The first-order chi connectivity index (χ1) is 11.9. The molecule has 7 nitrogen and oxygen atoms in total. The number of aryl methyl sites for hydroxylation is 3. The number of amides is 1. The molecule has 0 aliphatic carbocycles. The summed E-state index contributed by atoms with van der Waals surface area (Å²) in [6, 6.07) is 3.29. The lowest BCUT2D eigenvalue weighted by atomic mass is 10.1. The van der Waals surface area contributed by atoms with E-state index in [4.69, 9.17) is 0 Å². The van der Waals surface area contributed by atoms with Gasteiger partial charge < -0.3 is 4.90 Å². The van der Waals surface area contributed by atoms with Crippen molar-refractivity contribution in [3.05, 3.63) is 49.5 Å². The molecule has 130 valence electrons. The predicted molar refractivity (Wildman–Crippen MR) is 95.1 cm³/mol. The van der Waals surface area contributed by atoms with E-state index in [-0.39, 0.29) is 17.5 Å². The summed E-state index contributed by atoms with van der Waals surface area (Å²) in [5.41, 5.74) is 2.76. The van der Waals surface area contributed by atoms with E-state index < -0.39 is 0 Å². The lowest BCUT2D eigenvalue weighted by molar-refractivity contribution is 0.0736. The van der Waals surface area contributed by atoms with Crippen LogP contribution < -0.4 is 5.56 Å². The van der Waals surface area contributed by atoms with Gasteiger partial charge in [-0.3, -0.25) is 14.7 Å². The third-order valence-electron chi connectivity index (χ3n) is 4.57.